The number of likely N-dealkylation sites (tertiary alicyclic amines) is 1. The molecule has 1 aliphatic heterocycles. The maximum Gasteiger partial charge on any atom is 0.00355 e. The summed E-state index contributed by atoms with van der Waals surface area (Å²) in [5.74, 6) is 0.967. The quantitative estimate of drug-likeness (QED) is 0.574. The second-order valence-electron chi connectivity index (χ2n) is 6.79. The van der Waals surface area contributed by atoms with Gasteiger partial charge in [-0.3, -0.25) is 0 Å². The third-order valence-electron chi connectivity index (χ3n) is 4.56. The molecule has 0 unspecified atom stereocenters. The fraction of sp³-hybridized carbons (Fsp3) is 1.00. The minimum atomic E-state index is 0.532. The van der Waals surface area contributed by atoms with Crippen molar-refractivity contribution in [2.45, 2.75) is 46.5 Å². The second-order valence-corrected chi connectivity index (χ2v) is 6.79. The molecule has 1 saturated heterocycles. The first-order valence-electron chi connectivity index (χ1n) is 6.10. The summed E-state index contributed by atoms with van der Waals surface area (Å²) in [4.78, 5) is 2.52. The average molecular weight is 195 g/mol. The molecule has 1 saturated carbocycles. The standard InChI is InChI=1S/C13H25N/c1-12(2,3)11-5-6-13(9-11)7-8-14(4)10-13/h11H,5-10H2,1-4H3/t11-,13+/m1/s1. The van der Waals surface area contributed by atoms with Crippen molar-refractivity contribution < 1.29 is 0 Å². The lowest BCUT2D eigenvalue weighted by Crippen LogP contribution is -2.24. The van der Waals surface area contributed by atoms with Crippen LogP contribution in [0.1, 0.15) is 46.5 Å². The van der Waals surface area contributed by atoms with Gasteiger partial charge in [0.15, 0.2) is 0 Å². The van der Waals surface area contributed by atoms with Crippen molar-refractivity contribution in [1.29, 1.82) is 0 Å². The second kappa shape index (κ2) is 3.23. The average Bonchev–Trinajstić information content (AvgIpc) is 2.59. The van der Waals surface area contributed by atoms with Gasteiger partial charge in [0.2, 0.25) is 0 Å². The van der Waals surface area contributed by atoms with Gasteiger partial charge in [0, 0.05) is 6.54 Å². The Balaban J connectivity index is 2.01. The topological polar surface area (TPSA) is 3.24 Å². The van der Waals surface area contributed by atoms with Gasteiger partial charge in [0.05, 0.1) is 0 Å². The van der Waals surface area contributed by atoms with Crippen molar-refractivity contribution in [2.24, 2.45) is 16.7 Å². The fourth-order valence-corrected chi connectivity index (χ4v) is 3.48. The molecule has 1 nitrogen and oxygen atoms in total. The van der Waals surface area contributed by atoms with Crippen LogP contribution in [0, 0.1) is 16.7 Å². The van der Waals surface area contributed by atoms with E-state index in [1.165, 1.54) is 38.8 Å². The number of nitrogens with zero attached hydrogens (tertiary/aromatic N) is 1. The van der Waals surface area contributed by atoms with Gasteiger partial charge in [-0.1, -0.05) is 20.8 Å². The Morgan fingerprint density at radius 3 is 2.36 bits per heavy atom. The molecule has 2 aliphatic rings. The largest absolute Gasteiger partial charge is 0.306 e. The highest BCUT2D eigenvalue weighted by molar-refractivity contribution is 4.97. The lowest BCUT2D eigenvalue weighted by atomic mass is 9.76. The molecule has 0 amide bonds. The smallest absolute Gasteiger partial charge is 0.00355 e. The van der Waals surface area contributed by atoms with E-state index in [9.17, 15) is 0 Å². The predicted octanol–water partition coefficient (Wildman–Crippen LogP) is 3.15. The van der Waals surface area contributed by atoms with E-state index in [2.05, 4.69) is 32.7 Å². The van der Waals surface area contributed by atoms with E-state index in [4.69, 9.17) is 0 Å². The Kier molecular flexibility index (Phi) is 2.42. The molecule has 14 heavy (non-hydrogen) atoms. The van der Waals surface area contributed by atoms with Crippen LogP contribution in [0.25, 0.3) is 0 Å². The predicted molar refractivity (Wildman–Crippen MR) is 61.3 cm³/mol. The van der Waals surface area contributed by atoms with Crippen molar-refractivity contribution in [3.63, 3.8) is 0 Å². The van der Waals surface area contributed by atoms with Crippen molar-refractivity contribution >= 4 is 0 Å². The van der Waals surface area contributed by atoms with Crippen LogP contribution < -0.4 is 0 Å². The summed E-state index contributed by atoms with van der Waals surface area (Å²) in [6.07, 6.45) is 5.90. The first-order chi connectivity index (χ1) is 6.41. The monoisotopic (exact) mass is 195 g/mol. The summed E-state index contributed by atoms with van der Waals surface area (Å²) in [6.45, 7) is 9.93. The molecule has 0 aromatic rings. The van der Waals surface area contributed by atoms with E-state index in [0.29, 0.717) is 10.8 Å². The Morgan fingerprint density at radius 1 is 1.21 bits per heavy atom. The highest BCUT2D eigenvalue weighted by atomic mass is 15.1. The first-order valence-corrected chi connectivity index (χ1v) is 6.10. The Hall–Kier alpha value is -0.0400. The van der Waals surface area contributed by atoms with Gasteiger partial charge in [-0.05, 0) is 56.0 Å². The maximum atomic E-state index is 2.52. The summed E-state index contributed by atoms with van der Waals surface area (Å²) in [5, 5.41) is 0. The minimum Gasteiger partial charge on any atom is -0.306 e. The Labute approximate surface area is 88.9 Å². The summed E-state index contributed by atoms with van der Waals surface area (Å²) < 4.78 is 0. The fourth-order valence-electron chi connectivity index (χ4n) is 3.48. The number of rotatable bonds is 0. The van der Waals surface area contributed by atoms with Crippen LogP contribution in [0.15, 0.2) is 0 Å². The molecule has 2 atom stereocenters. The van der Waals surface area contributed by atoms with Gasteiger partial charge in [-0.15, -0.1) is 0 Å². The Morgan fingerprint density at radius 2 is 1.93 bits per heavy atom. The lowest BCUT2D eigenvalue weighted by Gasteiger charge is -2.29. The molecule has 0 aromatic carbocycles. The van der Waals surface area contributed by atoms with E-state index in [1.54, 1.807) is 0 Å². The van der Waals surface area contributed by atoms with Gasteiger partial charge < -0.3 is 4.90 Å². The molecule has 1 heterocycles. The van der Waals surface area contributed by atoms with E-state index in [-0.39, 0.29) is 0 Å². The number of hydrogen-bond acceptors (Lipinski definition) is 1. The zero-order valence-corrected chi connectivity index (χ0v) is 10.3. The van der Waals surface area contributed by atoms with Crippen LogP contribution in [0.5, 0.6) is 0 Å². The van der Waals surface area contributed by atoms with Crippen LogP contribution in [-0.2, 0) is 0 Å². The molecule has 1 spiro atoms. The molecule has 82 valence electrons. The SMILES string of the molecule is CN1CC[C@]2(CC[C@@H](C(C)(C)C)C2)C1. The molecule has 2 fully saturated rings. The van der Waals surface area contributed by atoms with Crippen LogP contribution in [-0.4, -0.2) is 25.0 Å². The molecular formula is C13H25N. The van der Waals surface area contributed by atoms with Crippen LogP contribution in [0.2, 0.25) is 0 Å². The molecule has 0 radical (unpaired) electrons. The summed E-state index contributed by atoms with van der Waals surface area (Å²) >= 11 is 0. The third-order valence-corrected chi connectivity index (χ3v) is 4.56. The lowest BCUT2D eigenvalue weighted by molar-refractivity contribution is 0.208. The van der Waals surface area contributed by atoms with E-state index in [0.717, 1.165) is 5.92 Å². The molecular weight excluding hydrogens is 170 g/mol. The molecule has 0 bridgehead atoms. The normalized spacial score (nSPS) is 39.9. The van der Waals surface area contributed by atoms with Crippen LogP contribution in [0.4, 0.5) is 0 Å². The van der Waals surface area contributed by atoms with Gasteiger partial charge in [0.25, 0.3) is 0 Å². The molecule has 0 aromatic heterocycles. The van der Waals surface area contributed by atoms with Gasteiger partial charge in [-0.2, -0.15) is 0 Å². The first kappa shape index (κ1) is 10.5. The highest BCUT2D eigenvalue weighted by Gasteiger charge is 2.45. The number of hydrogen-bond donors (Lipinski definition) is 0. The summed E-state index contributed by atoms with van der Waals surface area (Å²) in [5.41, 5.74) is 1.25. The molecule has 1 aliphatic carbocycles. The van der Waals surface area contributed by atoms with Gasteiger partial charge in [0.1, 0.15) is 0 Å². The van der Waals surface area contributed by atoms with Crippen LogP contribution >= 0.6 is 0 Å². The maximum absolute atomic E-state index is 2.52. The van der Waals surface area contributed by atoms with Crippen molar-refractivity contribution in [1.82, 2.24) is 4.90 Å². The minimum absolute atomic E-state index is 0.532. The van der Waals surface area contributed by atoms with Crippen molar-refractivity contribution in [3.8, 4) is 0 Å². The molecule has 2 rings (SSSR count). The van der Waals surface area contributed by atoms with Crippen LogP contribution in [0.3, 0.4) is 0 Å². The summed E-state index contributed by atoms with van der Waals surface area (Å²) in [6, 6.07) is 0. The highest BCUT2D eigenvalue weighted by Crippen LogP contribution is 2.52. The zero-order valence-electron chi connectivity index (χ0n) is 10.3. The van der Waals surface area contributed by atoms with Crippen molar-refractivity contribution in [3.05, 3.63) is 0 Å². The van der Waals surface area contributed by atoms with E-state index < -0.39 is 0 Å². The zero-order chi connectivity index (χ0) is 10.4. The molecule has 1 heteroatoms. The van der Waals surface area contributed by atoms with E-state index in [1.807, 2.05) is 0 Å². The van der Waals surface area contributed by atoms with Crippen molar-refractivity contribution in [2.75, 3.05) is 20.1 Å². The van der Waals surface area contributed by atoms with Gasteiger partial charge in [-0.25, -0.2) is 0 Å². The van der Waals surface area contributed by atoms with E-state index >= 15 is 0 Å². The summed E-state index contributed by atoms with van der Waals surface area (Å²) in [7, 11) is 2.28. The third kappa shape index (κ3) is 1.84. The molecule has 0 N–H and O–H groups in total. The Bertz CT molecular complexity index is 216. The van der Waals surface area contributed by atoms with Gasteiger partial charge >= 0.3 is 0 Å².